The summed E-state index contributed by atoms with van der Waals surface area (Å²) in [7, 11) is 0. The van der Waals surface area contributed by atoms with Crippen LogP contribution in [0.15, 0.2) is 255 Å². The molecule has 0 atom stereocenters. The van der Waals surface area contributed by atoms with Gasteiger partial charge in [-0.1, -0.05) is 206 Å². The van der Waals surface area contributed by atoms with Crippen molar-refractivity contribution in [3.63, 3.8) is 0 Å². The van der Waals surface area contributed by atoms with E-state index in [-0.39, 0.29) is 0 Å². The minimum Gasteiger partial charge on any atom is -0.310 e. The molecule has 1 heterocycles. The van der Waals surface area contributed by atoms with Crippen LogP contribution in [0.3, 0.4) is 0 Å². The molecule has 0 aliphatic heterocycles. The summed E-state index contributed by atoms with van der Waals surface area (Å²) >= 11 is 0. The third-order valence-electron chi connectivity index (χ3n) is 13.6. The van der Waals surface area contributed by atoms with Crippen LogP contribution in [0.1, 0.15) is 0 Å². The fourth-order valence-electron chi connectivity index (χ4n) is 10.3. The average molecular weight is 839 g/mol. The van der Waals surface area contributed by atoms with E-state index >= 15 is 0 Å². The molecule has 308 valence electrons. The van der Waals surface area contributed by atoms with Gasteiger partial charge in [0.15, 0.2) is 0 Å². The van der Waals surface area contributed by atoms with Gasteiger partial charge >= 0.3 is 0 Å². The van der Waals surface area contributed by atoms with Crippen molar-refractivity contribution in [3.05, 3.63) is 255 Å². The van der Waals surface area contributed by atoms with E-state index < -0.39 is 0 Å². The first-order chi connectivity index (χ1) is 32.7. The standard InChI is InChI=1S/C64H42N2/c1-3-11-43(12-4-1)45-19-23-47(24-20-45)49-27-35-53(36-28-49)65(54-37-29-50(30-38-54)48-25-21-46(22-26-48)44-13-5-2-6-14-44)61-41-33-51-32-40-58-62(42-34-52-31-39-57(61)63(51)64(52)58)66-59-17-9-7-15-55(59)56-16-8-10-18-60(56)66/h1-42H. The van der Waals surface area contributed by atoms with Gasteiger partial charge in [-0.3, -0.25) is 0 Å². The Labute approximate surface area is 383 Å². The molecule has 2 nitrogen and oxygen atoms in total. The van der Waals surface area contributed by atoms with Crippen LogP contribution < -0.4 is 4.90 Å². The molecule has 13 aromatic rings. The predicted molar refractivity (Wildman–Crippen MR) is 281 cm³/mol. The second-order valence-electron chi connectivity index (χ2n) is 17.3. The highest BCUT2D eigenvalue weighted by atomic mass is 15.1. The highest BCUT2D eigenvalue weighted by molar-refractivity contribution is 6.27. The van der Waals surface area contributed by atoms with Crippen LogP contribution in [0.2, 0.25) is 0 Å². The largest absolute Gasteiger partial charge is 0.310 e. The Morgan fingerprint density at radius 3 is 1.06 bits per heavy atom. The molecule has 0 saturated heterocycles. The second kappa shape index (κ2) is 15.5. The zero-order valence-electron chi connectivity index (χ0n) is 36.1. The molecule has 1 aromatic heterocycles. The number of hydrogen-bond acceptors (Lipinski definition) is 1. The molecule has 0 amide bonds. The van der Waals surface area contributed by atoms with Crippen LogP contribution in [0, 0.1) is 0 Å². The number of nitrogens with zero attached hydrogens (tertiary/aromatic N) is 2. The Bertz CT molecular complexity index is 3690. The Kier molecular flexibility index (Phi) is 8.89. The van der Waals surface area contributed by atoms with Crippen molar-refractivity contribution in [3.8, 4) is 50.2 Å². The molecule has 0 fully saturated rings. The molecule has 0 spiro atoms. The summed E-state index contributed by atoms with van der Waals surface area (Å²) in [4.78, 5) is 2.43. The van der Waals surface area contributed by atoms with Gasteiger partial charge in [0.2, 0.25) is 0 Å². The lowest BCUT2D eigenvalue weighted by Gasteiger charge is -2.28. The molecule has 13 rings (SSSR count). The molecule has 0 aliphatic carbocycles. The van der Waals surface area contributed by atoms with E-state index in [1.165, 1.54) is 104 Å². The SMILES string of the molecule is c1ccc(-c2ccc(-c3ccc(N(c4ccc(-c5ccc(-c6ccccc6)cc5)cc4)c4ccc5ccc6c(-n7c8ccccc8c8ccccc87)ccc7ccc4c5c76)cc3)cc2)cc1. The van der Waals surface area contributed by atoms with Crippen molar-refractivity contribution < 1.29 is 0 Å². The number of hydrogen-bond donors (Lipinski definition) is 0. The predicted octanol–water partition coefficient (Wildman–Crippen LogP) is 17.8. The monoisotopic (exact) mass is 838 g/mol. The van der Waals surface area contributed by atoms with Gasteiger partial charge in [-0.25, -0.2) is 0 Å². The first kappa shape index (κ1) is 37.8. The normalized spacial score (nSPS) is 11.6. The van der Waals surface area contributed by atoms with Gasteiger partial charge in [0.1, 0.15) is 0 Å². The van der Waals surface area contributed by atoms with Gasteiger partial charge in [0.25, 0.3) is 0 Å². The third-order valence-corrected chi connectivity index (χ3v) is 13.6. The summed E-state index contributed by atoms with van der Waals surface area (Å²) in [6.07, 6.45) is 0. The topological polar surface area (TPSA) is 8.17 Å². The van der Waals surface area contributed by atoms with Crippen molar-refractivity contribution in [2.75, 3.05) is 4.90 Å². The number of rotatable bonds is 8. The van der Waals surface area contributed by atoms with Crippen molar-refractivity contribution in [2.45, 2.75) is 0 Å². The summed E-state index contributed by atoms with van der Waals surface area (Å²) in [5.74, 6) is 0. The fourth-order valence-corrected chi connectivity index (χ4v) is 10.3. The minimum atomic E-state index is 1.10. The van der Waals surface area contributed by atoms with Gasteiger partial charge in [-0.15, -0.1) is 0 Å². The minimum absolute atomic E-state index is 1.10. The first-order valence-electron chi connectivity index (χ1n) is 22.7. The second-order valence-corrected chi connectivity index (χ2v) is 17.3. The molecule has 0 radical (unpaired) electrons. The van der Waals surface area contributed by atoms with E-state index in [1.807, 2.05) is 0 Å². The molecule has 2 heteroatoms. The van der Waals surface area contributed by atoms with Crippen molar-refractivity contribution in [2.24, 2.45) is 0 Å². The molecule has 0 saturated carbocycles. The number of anilines is 3. The fraction of sp³-hybridized carbons (Fsp3) is 0. The van der Waals surface area contributed by atoms with Gasteiger partial charge in [0, 0.05) is 32.9 Å². The van der Waals surface area contributed by atoms with Gasteiger partial charge < -0.3 is 9.47 Å². The number of fused-ring (bicyclic) bond motifs is 3. The van der Waals surface area contributed by atoms with Crippen LogP contribution in [-0.2, 0) is 0 Å². The summed E-state index contributed by atoms with van der Waals surface area (Å²) in [5.41, 5.74) is 16.6. The number of aromatic nitrogens is 1. The van der Waals surface area contributed by atoms with Crippen LogP contribution in [0.5, 0.6) is 0 Å². The zero-order valence-corrected chi connectivity index (χ0v) is 36.1. The van der Waals surface area contributed by atoms with E-state index in [9.17, 15) is 0 Å². The smallest absolute Gasteiger partial charge is 0.0541 e. The van der Waals surface area contributed by atoms with Crippen LogP contribution in [0.4, 0.5) is 17.1 Å². The van der Waals surface area contributed by atoms with Crippen LogP contribution in [0.25, 0.3) is 104 Å². The Morgan fingerprint density at radius 2 is 0.591 bits per heavy atom. The van der Waals surface area contributed by atoms with Crippen LogP contribution in [-0.4, -0.2) is 4.57 Å². The lowest BCUT2D eigenvalue weighted by atomic mass is 9.92. The Balaban J connectivity index is 0.952. The highest BCUT2D eigenvalue weighted by Gasteiger charge is 2.21. The van der Waals surface area contributed by atoms with Crippen molar-refractivity contribution in [1.29, 1.82) is 0 Å². The summed E-state index contributed by atoms with van der Waals surface area (Å²) in [6.45, 7) is 0. The molecular weight excluding hydrogens is 797 g/mol. The van der Waals surface area contributed by atoms with E-state index in [4.69, 9.17) is 0 Å². The molecule has 66 heavy (non-hydrogen) atoms. The van der Waals surface area contributed by atoms with Gasteiger partial charge in [0.05, 0.1) is 22.4 Å². The van der Waals surface area contributed by atoms with Gasteiger partial charge in [-0.05, 0) is 115 Å². The molecule has 0 N–H and O–H groups in total. The van der Waals surface area contributed by atoms with E-state index in [1.54, 1.807) is 0 Å². The van der Waals surface area contributed by atoms with Crippen LogP contribution >= 0.6 is 0 Å². The molecule has 0 aliphatic rings. The third kappa shape index (κ3) is 6.26. The lowest BCUT2D eigenvalue weighted by molar-refractivity contribution is 1.20. The number of benzene rings is 12. The maximum atomic E-state index is 2.46. The maximum absolute atomic E-state index is 2.46. The first-order valence-corrected chi connectivity index (χ1v) is 22.7. The van der Waals surface area contributed by atoms with E-state index in [0.29, 0.717) is 0 Å². The van der Waals surface area contributed by atoms with Crippen molar-refractivity contribution >= 4 is 71.2 Å². The summed E-state index contributed by atoms with van der Waals surface area (Å²) < 4.78 is 2.46. The molecule has 12 aromatic carbocycles. The van der Waals surface area contributed by atoms with E-state index in [2.05, 4.69) is 264 Å². The summed E-state index contributed by atoms with van der Waals surface area (Å²) in [6, 6.07) is 93.2. The molecule has 0 bridgehead atoms. The highest BCUT2D eigenvalue weighted by Crippen LogP contribution is 2.46. The molecule has 0 unspecified atom stereocenters. The number of para-hydroxylation sites is 2. The lowest BCUT2D eigenvalue weighted by Crippen LogP contribution is -2.10. The van der Waals surface area contributed by atoms with E-state index in [0.717, 1.165) is 17.1 Å². The quantitative estimate of drug-likeness (QED) is 0.138. The Hall–Kier alpha value is -8.72. The summed E-state index contributed by atoms with van der Waals surface area (Å²) in [5, 5.41) is 10.0. The van der Waals surface area contributed by atoms with Crippen molar-refractivity contribution in [1.82, 2.24) is 4.57 Å². The average Bonchev–Trinajstić information content (AvgIpc) is 3.73. The Morgan fingerprint density at radius 1 is 0.242 bits per heavy atom. The van der Waals surface area contributed by atoms with Gasteiger partial charge in [-0.2, -0.15) is 0 Å². The zero-order chi connectivity index (χ0) is 43.6. The maximum Gasteiger partial charge on any atom is 0.0541 e. The molecular formula is C64H42N2.